The zero-order chi connectivity index (χ0) is 13.6. The molecule has 0 radical (unpaired) electrons. The third-order valence-electron chi connectivity index (χ3n) is 3.29. The van der Waals surface area contributed by atoms with E-state index >= 15 is 0 Å². The molecule has 8 heteroatoms. The highest BCUT2D eigenvalue weighted by atomic mass is 16.6. The van der Waals surface area contributed by atoms with Gasteiger partial charge in [-0.05, 0) is 6.07 Å². The Balaban J connectivity index is 2.05. The molecule has 1 aliphatic heterocycles. The Labute approximate surface area is 106 Å². The molecule has 0 unspecified atom stereocenters. The second kappa shape index (κ2) is 4.42. The molecular weight excluding hydrogens is 254 g/mol. The van der Waals surface area contributed by atoms with Crippen LogP contribution in [0.15, 0.2) is 23.4 Å². The highest BCUT2D eigenvalue weighted by Gasteiger charge is 2.43. The van der Waals surface area contributed by atoms with Crippen molar-refractivity contribution in [2.45, 2.75) is 24.5 Å². The van der Waals surface area contributed by atoms with E-state index in [1.54, 1.807) is 12.3 Å². The number of fused-ring (bicyclic) bond motifs is 1. The molecule has 1 saturated heterocycles. The summed E-state index contributed by atoms with van der Waals surface area (Å²) in [6.07, 6.45) is -1.71. The molecule has 102 valence electrons. The molecule has 3 rings (SSSR count). The molecule has 1 fully saturated rings. The van der Waals surface area contributed by atoms with E-state index in [9.17, 15) is 15.0 Å². The van der Waals surface area contributed by atoms with Crippen LogP contribution in [0.4, 0.5) is 0 Å². The van der Waals surface area contributed by atoms with Gasteiger partial charge in [0.25, 0.3) is 5.56 Å². The van der Waals surface area contributed by atoms with Crippen molar-refractivity contribution in [2.24, 2.45) is 0 Å². The monoisotopic (exact) mass is 267 g/mol. The topological polar surface area (TPSA) is 121 Å². The van der Waals surface area contributed by atoms with E-state index < -0.39 is 31.1 Å². The zero-order valence-corrected chi connectivity index (χ0v) is 9.80. The van der Waals surface area contributed by atoms with Gasteiger partial charge in [-0.2, -0.15) is 0 Å². The minimum absolute atomic E-state index is 0.361. The molecule has 4 atom stereocenters. The summed E-state index contributed by atoms with van der Waals surface area (Å²) in [5.41, 5.74) is 0.0501. The van der Waals surface area contributed by atoms with E-state index in [2.05, 4.69) is 9.97 Å². The smallest absolute Gasteiger partial charge is 0.265 e. The SMILES string of the molecule is O=c1c2cc[nH]c2ncn1[C@@H]1O[C@H](CO)[C@@H](O)[C@H]1O. The van der Waals surface area contributed by atoms with Gasteiger partial charge in [0, 0.05) is 6.20 Å². The Morgan fingerprint density at radius 2 is 2.21 bits per heavy atom. The van der Waals surface area contributed by atoms with E-state index in [0.717, 1.165) is 4.57 Å². The van der Waals surface area contributed by atoms with Gasteiger partial charge in [0.05, 0.1) is 12.0 Å². The average Bonchev–Trinajstić information content (AvgIpc) is 2.98. The third-order valence-corrected chi connectivity index (χ3v) is 3.29. The highest BCUT2D eigenvalue weighted by Crippen LogP contribution is 2.28. The van der Waals surface area contributed by atoms with E-state index in [1.807, 2.05) is 0 Å². The summed E-state index contributed by atoms with van der Waals surface area (Å²) < 4.78 is 6.40. The normalized spacial score (nSPS) is 31.1. The van der Waals surface area contributed by atoms with Gasteiger partial charge in [0.15, 0.2) is 6.23 Å². The fourth-order valence-corrected chi connectivity index (χ4v) is 2.24. The number of ether oxygens (including phenoxy) is 1. The van der Waals surface area contributed by atoms with Gasteiger partial charge < -0.3 is 25.0 Å². The Morgan fingerprint density at radius 1 is 1.42 bits per heavy atom. The van der Waals surface area contributed by atoms with E-state index in [4.69, 9.17) is 9.84 Å². The molecule has 0 spiro atoms. The standard InChI is InChI=1S/C11H13N3O5/c15-3-6-7(16)8(17)11(19-6)14-4-13-9-5(10(14)18)1-2-12-9/h1-2,4,6-8,11-12,15-17H,3H2/t6-,7-,8-,11-/m1/s1. The van der Waals surface area contributed by atoms with Gasteiger partial charge in [0.2, 0.25) is 0 Å². The van der Waals surface area contributed by atoms with Gasteiger partial charge in [-0.1, -0.05) is 0 Å². The average molecular weight is 267 g/mol. The minimum atomic E-state index is -1.30. The maximum atomic E-state index is 12.2. The van der Waals surface area contributed by atoms with Crippen LogP contribution >= 0.6 is 0 Å². The van der Waals surface area contributed by atoms with Crippen LogP contribution in [0.25, 0.3) is 11.0 Å². The van der Waals surface area contributed by atoms with Gasteiger partial charge in [-0.25, -0.2) is 4.98 Å². The van der Waals surface area contributed by atoms with Crippen molar-refractivity contribution in [3.8, 4) is 0 Å². The minimum Gasteiger partial charge on any atom is -0.394 e. The first kappa shape index (κ1) is 12.3. The van der Waals surface area contributed by atoms with Crippen LogP contribution in [-0.4, -0.2) is 54.8 Å². The number of aliphatic hydroxyl groups excluding tert-OH is 3. The molecule has 0 aliphatic carbocycles. The molecule has 3 heterocycles. The van der Waals surface area contributed by atoms with Crippen molar-refractivity contribution in [1.29, 1.82) is 0 Å². The predicted molar refractivity (Wildman–Crippen MR) is 63.4 cm³/mol. The molecule has 0 amide bonds. The van der Waals surface area contributed by atoms with Crippen molar-refractivity contribution in [2.75, 3.05) is 6.61 Å². The van der Waals surface area contributed by atoms with Crippen LogP contribution in [-0.2, 0) is 4.74 Å². The van der Waals surface area contributed by atoms with Crippen LogP contribution in [0.1, 0.15) is 6.23 Å². The van der Waals surface area contributed by atoms with Crippen LogP contribution in [0.5, 0.6) is 0 Å². The number of nitrogens with zero attached hydrogens (tertiary/aromatic N) is 2. The second-order valence-electron chi connectivity index (χ2n) is 4.43. The summed E-state index contributed by atoms with van der Waals surface area (Å²) in [6.45, 7) is -0.441. The fraction of sp³-hybridized carbons (Fsp3) is 0.455. The van der Waals surface area contributed by atoms with Gasteiger partial charge in [-0.15, -0.1) is 0 Å². The molecular formula is C11H13N3O5. The number of aliphatic hydroxyl groups is 3. The summed E-state index contributed by atoms with van der Waals surface area (Å²) >= 11 is 0. The van der Waals surface area contributed by atoms with Crippen LogP contribution in [0.2, 0.25) is 0 Å². The first-order chi connectivity index (χ1) is 9.13. The van der Waals surface area contributed by atoms with Crippen molar-refractivity contribution in [1.82, 2.24) is 14.5 Å². The maximum Gasteiger partial charge on any atom is 0.265 e. The summed E-state index contributed by atoms with van der Waals surface area (Å²) in [6, 6.07) is 1.57. The molecule has 2 aromatic rings. The van der Waals surface area contributed by atoms with Crippen molar-refractivity contribution in [3.05, 3.63) is 28.9 Å². The fourth-order valence-electron chi connectivity index (χ4n) is 2.24. The Kier molecular flexibility index (Phi) is 2.86. The predicted octanol–water partition coefficient (Wildman–Crippen LogP) is -1.66. The number of nitrogens with one attached hydrogen (secondary N) is 1. The molecule has 0 saturated carbocycles. The molecule has 1 aliphatic rings. The molecule has 8 nitrogen and oxygen atoms in total. The summed E-state index contributed by atoms with van der Waals surface area (Å²) in [4.78, 5) is 19.0. The number of hydrogen-bond acceptors (Lipinski definition) is 6. The van der Waals surface area contributed by atoms with E-state index in [1.165, 1.54) is 6.33 Å². The number of H-pyrrole nitrogens is 1. The number of aromatic nitrogens is 3. The lowest BCUT2D eigenvalue weighted by atomic mass is 10.1. The summed E-state index contributed by atoms with van der Waals surface area (Å²) in [5.74, 6) is 0. The lowest BCUT2D eigenvalue weighted by Crippen LogP contribution is -2.35. The largest absolute Gasteiger partial charge is 0.394 e. The zero-order valence-electron chi connectivity index (χ0n) is 9.80. The molecule has 0 bridgehead atoms. The summed E-state index contributed by atoms with van der Waals surface area (Å²) in [5, 5.41) is 28.9. The van der Waals surface area contributed by atoms with Crippen LogP contribution in [0.3, 0.4) is 0 Å². The van der Waals surface area contributed by atoms with Crippen molar-refractivity contribution >= 4 is 11.0 Å². The third kappa shape index (κ3) is 1.77. The summed E-state index contributed by atoms with van der Waals surface area (Å²) in [7, 11) is 0. The first-order valence-electron chi connectivity index (χ1n) is 5.80. The van der Waals surface area contributed by atoms with Gasteiger partial charge >= 0.3 is 0 Å². The van der Waals surface area contributed by atoms with E-state index in [0.29, 0.717) is 11.0 Å². The van der Waals surface area contributed by atoms with Crippen LogP contribution in [0, 0.1) is 0 Å². The molecule has 0 aromatic carbocycles. The first-order valence-corrected chi connectivity index (χ1v) is 5.80. The maximum absolute atomic E-state index is 12.2. The lowest BCUT2D eigenvalue weighted by Gasteiger charge is -2.16. The molecule has 19 heavy (non-hydrogen) atoms. The van der Waals surface area contributed by atoms with E-state index in [-0.39, 0.29) is 5.56 Å². The number of aromatic amines is 1. The Morgan fingerprint density at radius 3 is 2.89 bits per heavy atom. The Bertz CT molecular complexity index is 651. The lowest BCUT2D eigenvalue weighted by molar-refractivity contribution is -0.0546. The quantitative estimate of drug-likeness (QED) is 0.516. The number of rotatable bonds is 2. The van der Waals surface area contributed by atoms with Crippen LogP contribution < -0.4 is 5.56 Å². The molecule has 2 aromatic heterocycles. The number of hydrogen-bond donors (Lipinski definition) is 4. The van der Waals surface area contributed by atoms with Crippen molar-refractivity contribution < 1.29 is 20.1 Å². The Hall–Kier alpha value is -1.74. The second-order valence-corrected chi connectivity index (χ2v) is 4.43. The van der Waals surface area contributed by atoms with Crippen molar-refractivity contribution in [3.63, 3.8) is 0 Å². The highest BCUT2D eigenvalue weighted by molar-refractivity contribution is 5.73. The molecule has 4 N–H and O–H groups in total. The van der Waals surface area contributed by atoms with Gasteiger partial charge in [-0.3, -0.25) is 9.36 Å². The van der Waals surface area contributed by atoms with Gasteiger partial charge in [0.1, 0.15) is 30.3 Å².